The van der Waals surface area contributed by atoms with E-state index in [-0.39, 0.29) is 0 Å². The van der Waals surface area contributed by atoms with Crippen molar-refractivity contribution in [1.82, 2.24) is 9.97 Å². The molecule has 0 atom stereocenters. The molecule has 3 rings (SSSR count). The Hall–Kier alpha value is -1.42. The quantitative estimate of drug-likeness (QED) is 0.894. The third-order valence-corrected chi connectivity index (χ3v) is 4.71. The van der Waals surface area contributed by atoms with Gasteiger partial charge < -0.3 is 5.32 Å². The molecule has 2 aromatic heterocycles. The minimum absolute atomic E-state index is 0.637. The van der Waals surface area contributed by atoms with E-state index in [1.54, 1.807) is 11.3 Å². The van der Waals surface area contributed by atoms with Crippen LogP contribution in [0.2, 0.25) is 0 Å². The Bertz CT molecular complexity index is 545. The van der Waals surface area contributed by atoms with Gasteiger partial charge in [0, 0.05) is 35.5 Å². The highest BCUT2D eigenvalue weighted by Crippen LogP contribution is 2.33. The lowest BCUT2D eigenvalue weighted by atomic mass is 10.0. The highest BCUT2D eigenvalue weighted by Gasteiger charge is 2.20. The van der Waals surface area contributed by atoms with Crippen molar-refractivity contribution in [2.75, 3.05) is 11.9 Å². The van der Waals surface area contributed by atoms with E-state index in [0.29, 0.717) is 5.92 Å². The van der Waals surface area contributed by atoms with Crippen LogP contribution in [0.4, 0.5) is 5.82 Å². The summed E-state index contributed by atoms with van der Waals surface area (Å²) >= 11 is 1.77. The third kappa shape index (κ3) is 3.18. The molecular formula is C16H21N3S. The van der Waals surface area contributed by atoms with E-state index in [1.165, 1.54) is 36.3 Å². The largest absolute Gasteiger partial charge is 0.370 e. The second kappa shape index (κ2) is 6.35. The van der Waals surface area contributed by atoms with Crippen molar-refractivity contribution < 1.29 is 0 Å². The number of nitrogens with zero attached hydrogens (tertiary/aromatic N) is 2. The van der Waals surface area contributed by atoms with Crippen molar-refractivity contribution in [3.05, 3.63) is 40.0 Å². The number of aromatic nitrogens is 2. The van der Waals surface area contributed by atoms with E-state index in [1.807, 2.05) is 0 Å². The maximum Gasteiger partial charge on any atom is 0.136 e. The molecule has 0 radical (unpaired) electrons. The van der Waals surface area contributed by atoms with Crippen LogP contribution in [0.3, 0.4) is 0 Å². The Labute approximate surface area is 124 Å². The molecule has 2 heterocycles. The van der Waals surface area contributed by atoms with Crippen LogP contribution in [0.15, 0.2) is 23.6 Å². The van der Waals surface area contributed by atoms with Gasteiger partial charge in [-0.1, -0.05) is 18.9 Å². The molecule has 0 saturated heterocycles. The van der Waals surface area contributed by atoms with Crippen molar-refractivity contribution >= 4 is 17.2 Å². The Morgan fingerprint density at radius 2 is 2.15 bits per heavy atom. The van der Waals surface area contributed by atoms with Crippen LogP contribution in [0.1, 0.15) is 54.9 Å². The van der Waals surface area contributed by atoms with Gasteiger partial charge in [-0.25, -0.2) is 9.97 Å². The number of thiophene rings is 1. The molecule has 1 saturated carbocycles. The van der Waals surface area contributed by atoms with Gasteiger partial charge in [-0.3, -0.25) is 0 Å². The fraction of sp³-hybridized carbons (Fsp3) is 0.500. The van der Waals surface area contributed by atoms with Crippen molar-refractivity contribution in [2.24, 2.45) is 0 Å². The average molecular weight is 287 g/mol. The van der Waals surface area contributed by atoms with Crippen molar-refractivity contribution in [1.29, 1.82) is 0 Å². The highest BCUT2D eigenvalue weighted by molar-refractivity contribution is 7.09. The SMILES string of the molecule is CCNc1cc(C2CCCC2)nc(Cc2cccs2)n1. The molecule has 1 aliphatic carbocycles. The number of nitrogens with one attached hydrogen (secondary N) is 1. The van der Waals surface area contributed by atoms with Crippen LogP contribution in [0.5, 0.6) is 0 Å². The van der Waals surface area contributed by atoms with Crippen LogP contribution in [-0.4, -0.2) is 16.5 Å². The first kappa shape index (κ1) is 13.6. The summed E-state index contributed by atoms with van der Waals surface area (Å²) in [7, 11) is 0. The standard InChI is InChI=1S/C16H21N3S/c1-2-17-15-11-14(12-6-3-4-7-12)18-16(19-15)10-13-8-5-9-20-13/h5,8-9,11-12H,2-4,6-7,10H2,1H3,(H,17,18,19). The summed E-state index contributed by atoms with van der Waals surface area (Å²) < 4.78 is 0. The zero-order valence-corrected chi connectivity index (χ0v) is 12.7. The molecule has 1 fully saturated rings. The molecule has 0 spiro atoms. The van der Waals surface area contributed by atoms with Gasteiger partial charge >= 0.3 is 0 Å². The maximum atomic E-state index is 4.83. The Morgan fingerprint density at radius 3 is 2.85 bits per heavy atom. The fourth-order valence-electron chi connectivity index (χ4n) is 2.87. The number of hydrogen-bond donors (Lipinski definition) is 1. The maximum absolute atomic E-state index is 4.83. The molecule has 3 nitrogen and oxygen atoms in total. The summed E-state index contributed by atoms with van der Waals surface area (Å²) in [6, 6.07) is 6.40. The van der Waals surface area contributed by atoms with Crippen molar-refractivity contribution in [2.45, 2.75) is 44.9 Å². The van der Waals surface area contributed by atoms with Gasteiger partial charge in [-0.2, -0.15) is 0 Å². The molecule has 0 unspecified atom stereocenters. The van der Waals surface area contributed by atoms with Crippen LogP contribution in [0, 0.1) is 0 Å². The van der Waals surface area contributed by atoms with Crippen LogP contribution in [0.25, 0.3) is 0 Å². The minimum Gasteiger partial charge on any atom is -0.370 e. The normalized spacial score (nSPS) is 15.7. The van der Waals surface area contributed by atoms with Crippen LogP contribution >= 0.6 is 11.3 Å². The van der Waals surface area contributed by atoms with Gasteiger partial charge in [0.15, 0.2) is 0 Å². The van der Waals surface area contributed by atoms with Gasteiger partial charge in [0.1, 0.15) is 11.6 Å². The molecule has 20 heavy (non-hydrogen) atoms. The lowest BCUT2D eigenvalue weighted by molar-refractivity contribution is 0.687. The predicted molar refractivity (Wildman–Crippen MR) is 84.5 cm³/mol. The van der Waals surface area contributed by atoms with Gasteiger partial charge in [-0.05, 0) is 31.2 Å². The monoisotopic (exact) mass is 287 g/mol. The fourth-order valence-corrected chi connectivity index (χ4v) is 3.57. The highest BCUT2D eigenvalue weighted by atomic mass is 32.1. The molecule has 106 valence electrons. The molecule has 2 aromatic rings. The number of hydrogen-bond acceptors (Lipinski definition) is 4. The first-order chi connectivity index (χ1) is 9.85. The molecule has 4 heteroatoms. The summed E-state index contributed by atoms with van der Waals surface area (Å²) in [5.74, 6) is 2.57. The number of rotatable bonds is 5. The first-order valence-corrected chi connectivity index (χ1v) is 8.37. The zero-order valence-electron chi connectivity index (χ0n) is 11.9. The Kier molecular flexibility index (Phi) is 4.31. The molecule has 1 N–H and O–H groups in total. The van der Waals surface area contributed by atoms with Gasteiger partial charge in [0.2, 0.25) is 0 Å². The molecule has 0 bridgehead atoms. The molecule has 0 aromatic carbocycles. The predicted octanol–water partition coefficient (Wildman–Crippen LogP) is 4.22. The van der Waals surface area contributed by atoms with Gasteiger partial charge in [0.25, 0.3) is 0 Å². The second-order valence-corrected chi connectivity index (χ2v) is 6.39. The minimum atomic E-state index is 0.637. The third-order valence-electron chi connectivity index (χ3n) is 3.84. The first-order valence-electron chi connectivity index (χ1n) is 7.49. The molecular weight excluding hydrogens is 266 g/mol. The van der Waals surface area contributed by atoms with E-state index >= 15 is 0 Å². The van der Waals surface area contributed by atoms with Gasteiger partial charge in [-0.15, -0.1) is 11.3 Å². The van der Waals surface area contributed by atoms with Gasteiger partial charge in [0.05, 0.1) is 0 Å². The van der Waals surface area contributed by atoms with E-state index in [9.17, 15) is 0 Å². The topological polar surface area (TPSA) is 37.8 Å². The van der Waals surface area contributed by atoms with E-state index in [4.69, 9.17) is 4.98 Å². The molecule has 1 aliphatic rings. The van der Waals surface area contributed by atoms with Crippen LogP contribution < -0.4 is 5.32 Å². The lowest BCUT2D eigenvalue weighted by Crippen LogP contribution is -2.08. The Morgan fingerprint density at radius 1 is 1.30 bits per heavy atom. The smallest absolute Gasteiger partial charge is 0.136 e. The summed E-state index contributed by atoms with van der Waals surface area (Å²) in [6.45, 7) is 3.01. The second-order valence-electron chi connectivity index (χ2n) is 5.36. The van der Waals surface area contributed by atoms with Crippen molar-refractivity contribution in [3.8, 4) is 0 Å². The average Bonchev–Trinajstić information content (AvgIpc) is 3.11. The van der Waals surface area contributed by atoms with Crippen molar-refractivity contribution in [3.63, 3.8) is 0 Å². The summed E-state index contributed by atoms with van der Waals surface area (Å²) in [4.78, 5) is 10.8. The van der Waals surface area contributed by atoms with E-state index in [0.717, 1.165) is 24.6 Å². The molecule has 0 aliphatic heterocycles. The molecule has 0 amide bonds. The zero-order chi connectivity index (χ0) is 13.8. The summed E-state index contributed by atoms with van der Waals surface area (Å²) in [6.07, 6.45) is 6.08. The summed E-state index contributed by atoms with van der Waals surface area (Å²) in [5.41, 5.74) is 1.24. The van der Waals surface area contributed by atoms with E-state index < -0.39 is 0 Å². The van der Waals surface area contributed by atoms with E-state index in [2.05, 4.69) is 40.8 Å². The lowest BCUT2D eigenvalue weighted by Gasteiger charge is -2.12. The summed E-state index contributed by atoms with van der Waals surface area (Å²) in [5, 5.41) is 5.46. The Balaban J connectivity index is 1.87. The number of anilines is 1. The van der Waals surface area contributed by atoms with Crippen LogP contribution in [-0.2, 0) is 6.42 Å².